The van der Waals surface area contributed by atoms with Crippen LogP contribution in [-0.4, -0.2) is 123 Å². The maximum Gasteiger partial charge on any atom is 0.226 e. The van der Waals surface area contributed by atoms with Crippen molar-refractivity contribution < 1.29 is 5.11 Å². The van der Waals surface area contributed by atoms with E-state index in [0.717, 1.165) is 172 Å². The Morgan fingerprint density at radius 1 is 0.310 bits per heavy atom. The molecule has 0 atom stereocenters. The number of aromatic nitrogens is 12. The highest BCUT2D eigenvalue weighted by atomic mass is 127. The fraction of sp³-hybridized carbons (Fsp3) is 0.747. The lowest BCUT2D eigenvalue weighted by Gasteiger charge is -2.31. The molecule has 4 aliphatic heterocycles. The molecule has 0 radical (unpaired) electrons. The third kappa shape index (κ3) is 47.8. The summed E-state index contributed by atoms with van der Waals surface area (Å²) in [6, 6.07) is 8.02. The Morgan fingerprint density at radius 2 is 0.552 bits per heavy atom. The van der Waals surface area contributed by atoms with Gasteiger partial charge in [0.1, 0.15) is 0 Å². The average molecular weight is 1850 g/mol. The van der Waals surface area contributed by atoms with Crippen LogP contribution in [0.25, 0.3) is 0 Å². The van der Waals surface area contributed by atoms with Crippen LogP contribution in [0.5, 0.6) is 5.75 Å². The number of unbranched alkanes of at least 4 members (excludes halogenated alkanes) is 39. The van der Waals surface area contributed by atoms with Gasteiger partial charge in [0.05, 0.1) is 27.2 Å². The standard InChI is InChI=1S/C24H42BrN3.C24H43N3O.C24H43N3.C9H13N3.C6H7IN2.C6H9N3.C2H5Br/c1-3-4-5-6-7-8-9-10-11-12-13-14-15-16-18-22-23(25)21(2)26-24(27-22)28-19-17-20-28;1-3-4-5-6-7-8-9-10-11-12-13-14-15-16-18-22-23(28)21(2)25-24(26-22)27-19-17-20-27;1-3-4-5-6-7-8-9-10-11-12-13-14-15-16-18-23-21-22(2)25-24(26-23)27-19-17-20-27;1-7-6-8(2)11-9(10-7)12-4-3-5-12;2*1-4-3-5(2)9-6(7)8-4;1-2-3/h3-20H2,1-2H3;28H,3-20H2,1-2H3;21H,3-20H2,1-2H3;6H,3-5H2,1-2H3;3H,1-2H3;3H,1-2H3,(H2,7,8,9);2H2,1H3. The minimum Gasteiger partial charge on any atom is -0.504 e. The van der Waals surface area contributed by atoms with Crippen LogP contribution in [0, 0.1) is 66.1 Å². The zero-order valence-electron chi connectivity index (χ0n) is 75.6. The van der Waals surface area contributed by atoms with Gasteiger partial charge < -0.3 is 30.4 Å². The van der Waals surface area contributed by atoms with Crippen LogP contribution in [0.1, 0.15) is 391 Å². The van der Waals surface area contributed by atoms with Gasteiger partial charge in [-0.05, 0) is 167 Å². The van der Waals surface area contributed by atoms with Crippen molar-refractivity contribution in [2.24, 2.45) is 0 Å². The van der Waals surface area contributed by atoms with Crippen LogP contribution < -0.4 is 25.3 Å². The average Bonchev–Trinajstić information content (AvgIpc) is 0.830. The van der Waals surface area contributed by atoms with Gasteiger partial charge in [-0.25, -0.2) is 59.8 Å². The summed E-state index contributed by atoms with van der Waals surface area (Å²) in [6.07, 6.45) is 66.8. The molecule has 0 aliphatic carbocycles. The minimum atomic E-state index is 0.305. The Bertz CT molecular complexity index is 3210. The van der Waals surface area contributed by atoms with Gasteiger partial charge in [0.15, 0.2) is 9.58 Å². The first-order valence-electron chi connectivity index (χ1n) is 46.6. The number of nitrogen functional groups attached to an aromatic ring is 1. The van der Waals surface area contributed by atoms with Gasteiger partial charge in [-0.2, -0.15) is 0 Å². The summed E-state index contributed by atoms with van der Waals surface area (Å²) < 4.78 is 1.94. The lowest BCUT2D eigenvalue weighted by Crippen LogP contribution is -2.38. The smallest absolute Gasteiger partial charge is 0.226 e. The van der Waals surface area contributed by atoms with E-state index in [1.165, 1.54) is 300 Å². The molecule has 10 rings (SSSR count). The van der Waals surface area contributed by atoms with Crippen molar-refractivity contribution in [3.05, 3.63) is 101 Å². The Morgan fingerprint density at radius 3 is 0.845 bits per heavy atom. The Kier molecular flexibility index (Phi) is 58.5. The van der Waals surface area contributed by atoms with Crippen LogP contribution in [0.15, 0.2) is 28.7 Å². The lowest BCUT2D eigenvalue weighted by atomic mass is 10.0. The summed E-state index contributed by atoms with van der Waals surface area (Å²) in [4.78, 5) is 61.6. The van der Waals surface area contributed by atoms with Crippen molar-refractivity contribution in [3.63, 3.8) is 0 Å². The second-order valence-corrected chi connectivity index (χ2v) is 36.0. The van der Waals surface area contributed by atoms with Gasteiger partial charge in [-0.1, -0.05) is 294 Å². The van der Waals surface area contributed by atoms with Crippen molar-refractivity contribution in [3.8, 4) is 5.75 Å². The number of hydrogen-bond acceptors (Lipinski definition) is 18. The second-order valence-electron chi connectivity index (χ2n) is 33.1. The SMILES string of the molecule is CCBr.CCCCCCCCCCCCCCCCc1cc(C)nc(N2CCC2)n1.CCCCCCCCCCCCCCCCc1nc(N2CCC2)nc(C)c1Br.CCCCCCCCCCCCCCCCc1nc(N2CCC2)nc(C)c1O.Cc1cc(C)nc(I)n1.Cc1cc(C)nc(N)n1.Cc1cc(C)nc(N2CCC2)n1. The molecule has 10 heterocycles. The van der Waals surface area contributed by atoms with Crippen LogP contribution in [-0.2, 0) is 19.3 Å². The lowest BCUT2D eigenvalue weighted by molar-refractivity contribution is 0.451. The van der Waals surface area contributed by atoms with Crippen LogP contribution in [0.2, 0.25) is 0 Å². The summed E-state index contributed by atoms with van der Waals surface area (Å²) in [7, 11) is 0. The van der Waals surface area contributed by atoms with E-state index in [9.17, 15) is 5.11 Å². The molecule has 0 saturated carbocycles. The van der Waals surface area contributed by atoms with Crippen molar-refractivity contribution in [2.75, 3.05) is 83.0 Å². The first kappa shape index (κ1) is 103. The Labute approximate surface area is 737 Å². The number of anilines is 5. The number of nitrogens with zero attached hydrogens (tertiary/aromatic N) is 16. The molecule has 3 N–H and O–H groups in total. The molecule has 0 spiro atoms. The van der Waals surface area contributed by atoms with E-state index in [-0.39, 0.29) is 0 Å². The molecule has 654 valence electrons. The van der Waals surface area contributed by atoms with E-state index in [1.54, 1.807) is 0 Å². The number of aryl methyl sites for hydroxylation is 12. The van der Waals surface area contributed by atoms with E-state index in [2.05, 4.69) is 165 Å². The first-order valence-corrected chi connectivity index (χ1v) is 49.6. The van der Waals surface area contributed by atoms with Gasteiger partial charge in [0.2, 0.25) is 29.7 Å². The van der Waals surface area contributed by atoms with E-state index in [0.29, 0.717) is 11.7 Å². The van der Waals surface area contributed by atoms with Gasteiger partial charge >= 0.3 is 0 Å². The molecule has 6 aromatic rings. The number of rotatable bonds is 49. The number of halogens is 3. The topological polar surface area (TPSA) is 214 Å². The van der Waals surface area contributed by atoms with Gasteiger partial charge in [-0.15, -0.1) is 0 Å². The summed E-state index contributed by atoms with van der Waals surface area (Å²) in [5.74, 6) is 4.26. The molecule has 18 nitrogen and oxygen atoms in total. The molecule has 116 heavy (non-hydrogen) atoms. The number of hydrogen-bond donors (Lipinski definition) is 2. The predicted molar refractivity (Wildman–Crippen MR) is 510 cm³/mol. The molecule has 6 aromatic heterocycles. The van der Waals surface area contributed by atoms with Crippen LogP contribution in [0.4, 0.5) is 29.7 Å². The number of aromatic hydroxyl groups is 1. The largest absolute Gasteiger partial charge is 0.504 e. The Hall–Kier alpha value is -5.03. The number of alkyl halides is 1. The van der Waals surface area contributed by atoms with Crippen LogP contribution in [0.3, 0.4) is 0 Å². The van der Waals surface area contributed by atoms with Gasteiger partial charge in [-0.3, -0.25) is 0 Å². The summed E-state index contributed by atoms with van der Waals surface area (Å²) in [5, 5.41) is 11.3. The molecule has 21 heteroatoms. The zero-order valence-corrected chi connectivity index (χ0v) is 81.0. The van der Waals surface area contributed by atoms with E-state index in [1.807, 2.05) is 73.6 Å². The molecule has 4 aliphatic rings. The van der Waals surface area contributed by atoms with Crippen molar-refractivity contribution >= 4 is 84.2 Å². The molecule has 4 saturated heterocycles. The zero-order chi connectivity index (χ0) is 84.2. The number of nitrogens with two attached hydrogens (primary N) is 1. The molecular weight excluding hydrogens is 1680 g/mol. The Balaban J connectivity index is 0.000000306. The van der Waals surface area contributed by atoms with E-state index >= 15 is 0 Å². The first-order chi connectivity index (χ1) is 56.3. The van der Waals surface area contributed by atoms with E-state index in [4.69, 9.17) is 15.7 Å². The quantitative estimate of drug-likeness (QED) is 0.0157. The summed E-state index contributed by atoms with van der Waals surface area (Å²) in [5.41, 5.74) is 17.6. The van der Waals surface area contributed by atoms with Gasteiger partial charge in [0, 0.05) is 126 Å². The maximum atomic E-state index is 10.3. The minimum absolute atomic E-state index is 0.305. The highest BCUT2D eigenvalue weighted by Crippen LogP contribution is 2.29. The molecule has 0 amide bonds. The van der Waals surface area contributed by atoms with Gasteiger partial charge in [0.25, 0.3) is 0 Å². The van der Waals surface area contributed by atoms with Crippen molar-refractivity contribution in [1.29, 1.82) is 0 Å². The normalized spacial score (nSPS) is 13.1. The molecule has 0 aromatic carbocycles. The van der Waals surface area contributed by atoms with Crippen molar-refractivity contribution in [1.82, 2.24) is 59.8 Å². The third-order valence-electron chi connectivity index (χ3n) is 21.9. The summed E-state index contributed by atoms with van der Waals surface area (Å²) in [6.45, 7) is 35.5. The molecular formula is C95H162Br2IN17O. The summed E-state index contributed by atoms with van der Waals surface area (Å²) >= 11 is 8.96. The van der Waals surface area contributed by atoms with Crippen LogP contribution >= 0.6 is 54.5 Å². The maximum absolute atomic E-state index is 10.3. The highest BCUT2D eigenvalue weighted by molar-refractivity contribution is 14.1. The third-order valence-corrected chi connectivity index (χ3v) is 23.4. The molecule has 4 fully saturated rings. The molecule has 0 unspecified atom stereocenters. The fourth-order valence-corrected chi connectivity index (χ4v) is 15.7. The highest BCUT2D eigenvalue weighted by Gasteiger charge is 2.23. The molecule has 0 bridgehead atoms. The van der Waals surface area contributed by atoms with Crippen molar-refractivity contribution in [2.45, 2.75) is 405 Å². The van der Waals surface area contributed by atoms with E-state index < -0.39 is 0 Å². The second kappa shape index (κ2) is 65.7. The monoisotopic (exact) mass is 1840 g/mol. The fourth-order valence-electron chi connectivity index (χ4n) is 14.5. The predicted octanol–water partition coefficient (Wildman–Crippen LogP) is 26.6.